The normalized spacial score (nSPS) is 6.26. The second kappa shape index (κ2) is 36.0. The average Bonchev–Trinajstić information content (AvgIpc) is 2.27. The van der Waals surface area contributed by atoms with Crippen molar-refractivity contribution in [1.29, 1.82) is 5.26 Å². The van der Waals surface area contributed by atoms with Crippen LogP contribution >= 0.6 is 15.9 Å². The Morgan fingerprint density at radius 2 is 1.58 bits per heavy atom. The maximum Gasteiger partial charge on any atom is 0.294 e. The number of alkyl halides is 1. The van der Waals surface area contributed by atoms with Gasteiger partial charge < -0.3 is 20.3 Å². The predicted molar refractivity (Wildman–Crippen MR) is 61.0 cm³/mol. The summed E-state index contributed by atoms with van der Waals surface area (Å²) in [6.45, 7) is 1.11. The van der Waals surface area contributed by atoms with Crippen molar-refractivity contribution in [3.8, 4) is 6.07 Å². The third-order valence-corrected chi connectivity index (χ3v) is 0.727. The summed E-state index contributed by atoms with van der Waals surface area (Å²) in [6, 6.07) is 1.75. The quantitative estimate of drug-likeness (QED) is 0.228. The van der Waals surface area contributed by atoms with Crippen molar-refractivity contribution >= 4 is 15.9 Å². The molecule has 1 radical (unpaired) electrons. The largest absolute Gasteiger partial charge is 0.396 e. The van der Waals surface area contributed by atoms with Gasteiger partial charge in [0.1, 0.15) is 6.61 Å². The van der Waals surface area contributed by atoms with Crippen LogP contribution in [0.1, 0.15) is 6.92 Å². The minimum Gasteiger partial charge on any atom is -0.396 e. The van der Waals surface area contributed by atoms with E-state index in [1.807, 2.05) is 0 Å². The van der Waals surface area contributed by atoms with E-state index in [0.717, 1.165) is 0 Å². The summed E-state index contributed by atoms with van der Waals surface area (Å²) in [7, 11) is 0. The van der Waals surface area contributed by atoms with Crippen LogP contribution in [0, 0.1) is 31.6 Å². The van der Waals surface area contributed by atoms with Crippen LogP contribution in [0.25, 0.3) is 0 Å². The number of nitrogens with zero attached hydrogens (tertiary/aromatic N) is 3. The van der Waals surface area contributed by atoms with Crippen molar-refractivity contribution in [3.05, 3.63) is 20.2 Å². The zero-order chi connectivity index (χ0) is 15.4. The molecule has 0 aliphatic carbocycles. The molecule has 0 amide bonds. The summed E-state index contributed by atoms with van der Waals surface area (Å²) in [4.78, 5) is 21.3. The summed E-state index contributed by atoms with van der Waals surface area (Å²) in [5.41, 5.74) is 0. The van der Waals surface area contributed by atoms with Crippen molar-refractivity contribution in [3.63, 3.8) is 0 Å². The van der Waals surface area contributed by atoms with Crippen LogP contribution in [0.2, 0.25) is 0 Å². The zero-order valence-electron chi connectivity index (χ0n) is 9.73. The molecule has 3 N–H and O–H groups in total. The molecule has 119 valence electrons. The molecule has 0 rings (SSSR count). The van der Waals surface area contributed by atoms with E-state index in [4.69, 9.17) is 30.8 Å². The molecule has 0 bridgehead atoms. The van der Waals surface area contributed by atoms with Crippen molar-refractivity contribution in [1.82, 2.24) is 0 Å². The zero-order valence-corrected chi connectivity index (χ0v) is 12.8. The van der Waals surface area contributed by atoms with Crippen LogP contribution in [-0.4, -0.2) is 50.7 Å². The molecule has 0 aliphatic rings. The minimum atomic E-state index is -1.50. The summed E-state index contributed by atoms with van der Waals surface area (Å²) in [5, 5.41) is 45.6. The number of aliphatic hydroxyl groups is 2. The van der Waals surface area contributed by atoms with Crippen LogP contribution in [-0.2, 0) is 27.2 Å². The van der Waals surface area contributed by atoms with Crippen molar-refractivity contribution in [2.24, 2.45) is 0 Å². The van der Waals surface area contributed by atoms with E-state index in [-0.39, 0.29) is 42.2 Å². The first-order valence-corrected chi connectivity index (χ1v) is 5.15. The molecule has 19 heavy (non-hydrogen) atoms. The maximum atomic E-state index is 9.23. The fourth-order valence-electron chi connectivity index (χ4n) is 0.115. The Labute approximate surface area is 132 Å². The molecule has 0 saturated carbocycles. The van der Waals surface area contributed by atoms with Gasteiger partial charge in [0, 0.05) is 34.6 Å². The number of hydrogen-bond donors (Lipinski definition) is 3. The fraction of sp³-hybridized carbons (Fsp3) is 0.833. The van der Waals surface area contributed by atoms with Gasteiger partial charge in [-0.3, -0.25) is 0 Å². The van der Waals surface area contributed by atoms with Gasteiger partial charge in [0.05, 0.1) is 19.3 Å². The maximum absolute atomic E-state index is 9.23. The van der Waals surface area contributed by atoms with Gasteiger partial charge in [-0.05, 0) is 0 Å². The van der Waals surface area contributed by atoms with Crippen molar-refractivity contribution in [2.75, 3.05) is 25.2 Å². The van der Waals surface area contributed by atoms with Gasteiger partial charge in [0.2, 0.25) is 0 Å². The number of rotatable bonds is 4. The smallest absolute Gasteiger partial charge is 0.294 e. The molecule has 0 aromatic rings. The summed E-state index contributed by atoms with van der Waals surface area (Å²) in [6.07, 6.45) is 0. The second-order valence-electron chi connectivity index (χ2n) is 1.65. The topological polar surface area (TPSA) is 180 Å². The van der Waals surface area contributed by atoms with Crippen molar-refractivity contribution < 1.29 is 52.8 Å². The first-order valence-electron chi connectivity index (χ1n) is 4.02. The molecule has 11 nitrogen and oxygen atoms in total. The van der Waals surface area contributed by atoms with Crippen LogP contribution in [0.15, 0.2) is 0 Å². The summed E-state index contributed by atoms with van der Waals surface area (Å²) < 4.78 is 0. The van der Waals surface area contributed by atoms with Gasteiger partial charge in [-0.1, -0.05) is 15.9 Å². The van der Waals surface area contributed by atoms with E-state index >= 15 is 0 Å². The molecule has 0 heterocycles. The van der Waals surface area contributed by atoms with Gasteiger partial charge in [-0.25, -0.2) is 0 Å². The molecule has 0 atom stereocenters. The molecule has 0 aromatic carbocycles. The summed E-state index contributed by atoms with van der Waals surface area (Å²) in [5.74, 6) is 0. The molecule has 0 unspecified atom stereocenters. The SMILES string of the molecule is CC#N.O=[N+]([O-])O.O=[N+]([O-])OCCO.OCCBr.[Ag]. The Morgan fingerprint density at radius 3 is 1.63 bits per heavy atom. The first-order chi connectivity index (χ1) is 8.33. The van der Waals surface area contributed by atoms with Crippen molar-refractivity contribution in [2.45, 2.75) is 6.92 Å². The third kappa shape index (κ3) is 237. The van der Waals surface area contributed by atoms with E-state index in [2.05, 4.69) is 20.8 Å². The van der Waals surface area contributed by atoms with Gasteiger partial charge in [0.15, 0.2) is 0 Å². The number of halogens is 1. The molecule has 0 spiro atoms. The van der Waals surface area contributed by atoms with Crippen LogP contribution in [0.3, 0.4) is 0 Å². The second-order valence-corrected chi connectivity index (χ2v) is 2.45. The van der Waals surface area contributed by atoms with Gasteiger partial charge in [0.25, 0.3) is 10.2 Å². The Bertz CT molecular complexity index is 221. The Hall–Kier alpha value is -0.970. The van der Waals surface area contributed by atoms with Gasteiger partial charge >= 0.3 is 0 Å². The fourth-order valence-corrected chi connectivity index (χ4v) is 0.115. The Kier molecular flexibility index (Phi) is 58.3. The minimum absolute atomic E-state index is 0. The summed E-state index contributed by atoms with van der Waals surface area (Å²) >= 11 is 3.00. The van der Waals surface area contributed by atoms with E-state index < -0.39 is 10.2 Å². The number of hydrogen-bond acceptors (Lipinski definition) is 8. The van der Waals surface area contributed by atoms with Gasteiger partial charge in [-0.2, -0.15) is 5.26 Å². The van der Waals surface area contributed by atoms with Gasteiger partial charge in [-0.15, -0.1) is 20.2 Å². The van der Waals surface area contributed by atoms with E-state index in [0.29, 0.717) is 5.33 Å². The molecular formula is C6H14AgBrN3O8. The number of nitriles is 1. The molecular weight excluding hydrogens is 430 g/mol. The third-order valence-electron chi connectivity index (χ3n) is 0.372. The molecule has 0 aromatic heterocycles. The predicted octanol–water partition coefficient (Wildman–Crippen LogP) is -0.260. The Balaban J connectivity index is -0.0000000478. The average molecular weight is 444 g/mol. The Morgan fingerprint density at radius 1 is 1.32 bits per heavy atom. The molecule has 0 saturated heterocycles. The number of aliphatic hydroxyl groups excluding tert-OH is 2. The van der Waals surface area contributed by atoms with Crippen LogP contribution < -0.4 is 0 Å². The van der Waals surface area contributed by atoms with E-state index in [9.17, 15) is 10.1 Å². The molecule has 0 fully saturated rings. The first kappa shape index (κ1) is 30.8. The van der Waals surface area contributed by atoms with E-state index in [1.165, 1.54) is 6.92 Å². The standard InChI is InChI=1S/C2H5BrO.C2H5NO4.C2H3N.Ag.HNO3/c3-1-2-4;4-1-2-7-3(5)6;1-2-3;;2-1(3)4/h4H,1-2H2;4H,1-2H2;1H3;;(H,2,3,4). The van der Waals surface area contributed by atoms with Crippen LogP contribution in [0.5, 0.6) is 0 Å². The monoisotopic (exact) mass is 442 g/mol. The van der Waals surface area contributed by atoms with Crippen LogP contribution in [0.4, 0.5) is 0 Å². The molecule has 0 aliphatic heterocycles. The molecule has 13 heteroatoms. The van der Waals surface area contributed by atoms with E-state index in [1.54, 1.807) is 6.07 Å².